The SMILES string of the molecule is O=C(C(Cc1ccsc1F)C1CCNCC1)C(Cc1ccsc1F)C1CCNCC1. The highest BCUT2D eigenvalue weighted by atomic mass is 32.1. The van der Waals surface area contributed by atoms with Gasteiger partial charge in [0.2, 0.25) is 0 Å². The molecule has 2 aromatic rings. The lowest BCUT2D eigenvalue weighted by atomic mass is 9.70. The maximum Gasteiger partial charge on any atom is 0.179 e. The number of rotatable bonds is 8. The highest BCUT2D eigenvalue weighted by Gasteiger charge is 2.38. The van der Waals surface area contributed by atoms with E-state index < -0.39 is 0 Å². The summed E-state index contributed by atoms with van der Waals surface area (Å²) in [6, 6.07) is 3.64. The molecule has 3 nitrogen and oxygen atoms in total. The molecule has 2 fully saturated rings. The van der Waals surface area contributed by atoms with Gasteiger partial charge in [-0.05, 0) is 111 Å². The Morgan fingerprint density at radius 2 is 1.23 bits per heavy atom. The second kappa shape index (κ2) is 10.4. The molecule has 0 saturated carbocycles. The summed E-state index contributed by atoms with van der Waals surface area (Å²) >= 11 is 2.20. The van der Waals surface area contributed by atoms with Gasteiger partial charge in [-0.2, -0.15) is 8.78 Å². The summed E-state index contributed by atoms with van der Waals surface area (Å²) in [7, 11) is 0. The normalized spacial score (nSPS) is 20.9. The average molecular weight is 453 g/mol. The van der Waals surface area contributed by atoms with Crippen LogP contribution >= 0.6 is 22.7 Å². The van der Waals surface area contributed by atoms with Crippen molar-refractivity contribution in [1.82, 2.24) is 10.6 Å². The van der Waals surface area contributed by atoms with Crippen LogP contribution in [0.25, 0.3) is 0 Å². The van der Waals surface area contributed by atoms with Gasteiger partial charge in [-0.1, -0.05) is 0 Å². The smallest absolute Gasteiger partial charge is 0.179 e. The van der Waals surface area contributed by atoms with Crippen molar-refractivity contribution in [2.45, 2.75) is 38.5 Å². The molecule has 2 saturated heterocycles. The van der Waals surface area contributed by atoms with Crippen molar-refractivity contribution in [3.05, 3.63) is 44.3 Å². The van der Waals surface area contributed by atoms with Crippen LogP contribution in [-0.2, 0) is 17.6 Å². The van der Waals surface area contributed by atoms with Crippen LogP contribution in [0.4, 0.5) is 8.78 Å². The van der Waals surface area contributed by atoms with Gasteiger partial charge in [0.25, 0.3) is 0 Å². The molecular weight excluding hydrogens is 422 g/mol. The Balaban J connectivity index is 1.61. The van der Waals surface area contributed by atoms with Gasteiger partial charge < -0.3 is 10.6 Å². The zero-order chi connectivity index (χ0) is 20.9. The molecule has 2 unspecified atom stereocenters. The summed E-state index contributed by atoms with van der Waals surface area (Å²) < 4.78 is 28.6. The summed E-state index contributed by atoms with van der Waals surface area (Å²) in [5.41, 5.74) is 1.31. The molecule has 0 aliphatic carbocycles. The predicted molar refractivity (Wildman–Crippen MR) is 119 cm³/mol. The van der Waals surface area contributed by atoms with Gasteiger partial charge in [0.05, 0.1) is 0 Å². The fourth-order valence-electron chi connectivity index (χ4n) is 5.17. The Hall–Kier alpha value is -1.15. The van der Waals surface area contributed by atoms with E-state index in [-0.39, 0.29) is 39.7 Å². The minimum absolute atomic E-state index is 0.177. The maximum atomic E-state index is 14.3. The van der Waals surface area contributed by atoms with Crippen molar-refractivity contribution in [3.63, 3.8) is 0 Å². The van der Waals surface area contributed by atoms with Crippen LogP contribution in [0.5, 0.6) is 0 Å². The summed E-state index contributed by atoms with van der Waals surface area (Å²) in [4.78, 5) is 14.0. The number of carbonyl (C=O) groups is 1. The lowest BCUT2D eigenvalue weighted by Crippen LogP contribution is -2.42. The van der Waals surface area contributed by atoms with Crippen molar-refractivity contribution in [2.24, 2.45) is 23.7 Å². The fourth-order valence-corrected chi connectivity index (χ4v) is 6.48. The third-order valence-corrected chi connectivity index (χ3v) is 8.39. The van der Waals surface area contributed by atoms with Gasteiger partial charge >= 0.3 is 0 Å². The molecule has 2 aliphatic heterocycles. The second-order valence-electron chi connectivity index (χ2n) is 8.64. The first-order chi connectivity index (χ1) is 14.6. The second-order valence-corrected chi connectivity index (χ2v) is 10.4. The molecule has 0 radical (unpaired) electrons. The Bertz CT molecular complexity index is 759. The average Bonchev–Trinajstić information content (AvgIpc) is 3.38. The molecule has 4 rings (SSSR count). The summed E-state index contributed by atoms with van der Waals surface area (Å²) in [5.74, 6) is 0.352. The minimum atomic E-state index is -0.196. The van der Waals surface area contributed by atoms with Crippen LogP contribution in [0.1, 0.15) is 36.8 Å². The van der Waals surface area contributed by atoms with Gasteiger partial charge in [-0.15, -0.1) is 22.7 Å². The highest BCUT2D eigenvalue weighted by molar-refractivity contribution is 7.08. The highest BCUT2D eigenvalue weighted by Crippen LogP contribution is 2.36. The standard InChI is InChI=1S/C23H30F2N2OS2/c24-22-17(5-11-29-22)13-19(15-1-7-26-8-2-15)21(28)20(16-3-9-27-10-4-16)14-18-6-12-30-23(18)25/h5-6,11-12,15-16,19-20,26-27H,1-4,7-10,13-14H2. The van der Waals surface area contributed by atoms with E-state index >= 15 is 0 Å². The Morgan fingerprint density at radius 1 is 0.833 bits per heavy atom. The molecule has 0 aromatic carbocycles. The quantitative estimate of drug-likeness (QED) is 0.611. The number of piperidine rings is 2. The summed E-state index contributed by atoms with van der Waals surface area (Å²) in [6.07, 6.45) is 4.68. The number of hydrogen-bond acceptors (Lipinski definition) is 5. The Morgan fingerprint density at radius 3 is 1.57 bits per heavy atom. The van der Waals surface area contributed by atoms with Gasteiger partial charge in [0, 0.05) is 11.8 Å². The molecule has 7 heteroatoms. The number of carbonyl (C=O) groups excluding carboxylic acids is 1. The van der Waals surface area contributed by atoms with E-state index in [0.717, 1.165) is 74.5 Å². The molecule has 2 aliphatic rings. The van der Waals surface area contributed by atoms with E-state index in [9.17, 15) is 13.6 Å². The van der Waals surface area contributed by atoms with Crippen LogP contribution in [0, 0.1) is 33.9 Å². The van der Waals surface area contributed by atoms with Crippen LogP contribution < -0.4 is 10.6 Å². The predicted octanol–water partition coefficient (Wildman–Crippen LogP) is 4.67. The fraction of sp³-hybridized carbons (Fsp3) is 0.609. The number of Topliss-reactive ketones (excluding diaryl/α,β-unsaturated/α-hetero) is 1. The molecule has 0 bridgehead atoms. The molecular formula is C23H30F2N2OS2. The lowest BCUT2D eigenvalue weighted by molar-refractivity contribution is -0.131. The van der Waals surface area contributed by atoms with Gasteiger partial charge in [-0.25, -0.2) is 0 Å². The van der Waals surface area contributed by atoms with E-state index in [1.807, 2.05) is 12.1 Å². The Kier molecular flexibility index (Phi) is 7.68. The zero-order valence-corrected chi connectivity index (χ0v) is 18.8. The lowest BCUT2D eigenvalue weighted by Gasteiger charge is -2.36. The number of nitrogens with one attached hydrogen (secondary N) is 2. The summed E-state index contributed by atoms with van der Waals surface area (Å²) in [6.45, 7) is 3.60. The van der Waals surface area contributed by atoms with Crippen molar-refractivity contribution in [2.75, 3.05) is 26.2 Å². The molecule has 0 amide bonds. The van der Waals surface area contributed by atoms with E-state index in [0.29, 0.717) is 24.0 Å². The van der Waals surface area contributed by atoms with Gasteiger partial charge in [0.1, 0.15) is 5.78 Å². The number of ketones is 1. The first kappa shape index (κ1) is 22.1. The molecule has 0 spiro atoms. The summed E-state index contributed by atoms with van der Waals surface area (Å²) in [5, 5.41) is 9.92. The molecule has 164 valence electrons. The third kappa shape index (κ3) is 5.18. The van der Waals surface area contributed by atoms with E-state index in [1.165, 1.54) is 0 Å². The zero-order valence-electron chi connectivity index (χ0n) is 17.2. The number of halogens is 2. The van der Waals surface area contributed by atoms with Crippen molar-refractivity contribution in [1.29, 1.82) is 0 Å². The van der Waals surface area contributed by atoms with E-state index in [1.54, 1.807) is 10.8 Å². The molecule has 2 N–H and O–H groups in total. The largest absolute Gasteiger partial charge is 0.317 e. The number of thiophene rings is 2. The van der Waals surface area contributed by atoms with Gasteiger partial charge in [-0.3, -0.25) is 4.79 Å². The minimum Gasteiger partial charge on any atom is -0.317 e. The van der Waals surface area contributed by atoms with Crippen LogP contribution in [0.15, 0.2) is 22.9 Å². The van der Waals surface area contributed by atoms with E-state index in [2.05, 4.69) is 10.6 Å². The molecule has 30 heavy (non-hydrogen) atoms. The molecule has 2 atom stereocenters. The molecule has 2 aromatic heterocycles. The maximum absolute atomic E-state index is 14.3. The van der Waals surface area contributed by atoms with Crippen LogP contribution in [0.3, 0.4) is 0 Å². The van der Waals surface area contributed by atoms with Crippen molar-refractivity contribution in [3.8, 4) is 0 Å². The third-order valence-electron chi connectivity index (χ3n) is 6.90. The molecule has 4 heterocycles. The van der Waals surface area contributed by atoms with Crippen molar-refractivity contribution >= 4 is 28.5 Å². The Labute approximate surface area is 185 Å². The number of hydrogen-bond donors (Lipinski definition) is 2. The van der Waals surface area contributed by atoms with E-state index in [4.69, 9.17) is 0 Å². The van der Waals surface area contributed by atoms with Crippen LogP contribution in [-0.4, -0.2) is 32.0 Å². The topological polar surface area (TPSA) is 41.1 Å². The van der Waals surface area contributed by atoms with Crippen molar-refractivity contribution < 1.29 is 13.6 Å². The monoisotopic (exact) mass is 452 g/mol. The first-order valence-electron chi connectivity index (χ1n) is 11.0. The van der Waals surface area contributed by atoms with Crippen LogP contribution in [0.2, 0.25) is 0 Å². The first-order valence-corrected chi connectivity index (χ1v) is 12.8. The van der Waals surface area contributed by atoms with Gasteiger partial charge in [0.15, 0.2) is 10.3 Å².